The van der Waals surface area contributed by atoms with Gasteiger partial charge in [0.25, 0.3) is 11.7 Å². The van der Waals surface area contributed by atoms with E-state index in [9.17, 15) is 19.1 Å². The fourth-order valence-electron chi connectivity index (χ4n) is 4.10. The summed E-state index contributed by atoms with van der Waals surface area (Å²) in [6.07, 6.45) is 3.16. The van der Waals surface area contributed by atoms with E-state index in [1.165, 1.54) is 29.2 Å². The van der Waals surface area contributed by atoms with Crippen molar-refractivity contribution in [2.75, 3.05) is 13.2 Å². The second-order valence-electron chi connectivity index (χ2n) is 7.67. The Morgan fingerprint density at radius 1 is 1.06 bits per heavy atom. The number of ether oxygens (including phenoxy) is 2. The Hall–Kier alpha value is -4.20. The van der Waals surface area contributed by atoms with Gasteiger partial charge in [0, 0.05) is 30.1 Å². The van der Waals surface area contributed by atoms with Crippen molar-refractivity contribution in [3.8, 4) is 11.5 Å². The van der Waals surface area contributed by atoms with Crippen molar-refractivity contribution >= 4 is 17.4 Å². The molecule has 8 heteroatoms. The van der Waals surface area contributed by atoms with Crippen LogP contribution in [0.5, 0.6) is 11.5 Å². The van der Waals surface area contributed by atoms with Gasteiger partial charge in [0.2, 0.25) is 0 Å². The summed E-state index contributed by atoms with van der Waals surface area (Å²) in [5, 5.41) is 11.2. The summed E-state index contributed by atoms with van der Waals surface area (Å²) in [7, 11) is 0. The maximum Gasteiger partial charge on any atom is 0.295 e. The molecular formula is C25H19FN2O5. The predicted octanol–water partition coefficient (Wildman–Crippen LogP) is 3.61. The van der Waals surface area contributed by atoms with Gasteiger partial charge in [0.05, 0.1) is 11.6 Å². The summed E-state index contributed by atoms with van der Waals surface area (Å²) in [6, 6.07) is 13.0. The zero-order valence-corrected chi connectivity index (χ0v) is 17.4. The molecule has 5 rings (SSSR count). The normalized spacial score (nSPS) is 19.1. The molecule has 1 unspecified atom stereocenters. The molecule has 2 aliphatic heterocycles. The van der Waals surface area contributed by atoms with Gasteiger partial charge in [-0.3, -0.25) is 14.6 Å². The Labute approximate surface area is 188 Å². The smallest absolute Gasteiger partial charge is 0.295 e. The molecule has 0 spiro atoms. The average molecular weight is 446 g/mol. The number of hydrogen-bond donors (Lipinski definition) is 1. The third kappa shape index (κ3) is 3.69. The van der Waals surface area contributed by atoms with E-state index in [0.29, 0.717) is 30.3 Å². The number of Topliss-reactive ketones (excluding diaryl/α,β-unsaturated/α-hetero) is 1. The number of ketones is 1. The number of benzene rings is 2. The Morgan fingerprint density at radius 2 is 1.85 bits per heavy atom. The molecule has 1 aromatic heterocycles. The standard InChI is InChI=1S/C25H19FN2O5/c26-18-6-2-1-5-17(18)22-21(23(29)16-7-8-19-20(12-16)33-11-10-32-19)24(30)25(31)28(22)14-15-4-3-9-27-13-15/h1-9,12-13,22,29H,10-11,14H2/b23-21+. The van der Waals surface area contributed by atoms with E-state index in [4.69, 9.17) is 9.47 Å². The Balaban J connectivity index is 1.65. The Kier molecular flexibility index (Phi) is 5.26. The summed E-state index contributed by atoms with van der Waals surface area (Å²) in [6.45, 7) is 0.780. The van der Waals surface area contributed by atoms with Gasteiger partial charge in [-0.2, -0.15) is 0 Å². The summed E-state index contributed by atoms with van der Waals surface area (Å²) in [5.41, 5.74) is 0.852. The number of carbonyl (C=O) groups excluding carboxylic acids is 2. The molecule has 0 radical (unpaired) electrons. The highest BCUT2D eigenvalue weighted by Gasteiger charge is 2.47. The molecule has 1 N–H and O–H groups in total. The number of aliphatic hydroxyl groups excluding tert-OH is 1. The van der Waals surface area contributed by atoms with E-state index in [0.717, 1.165) is 0 Å². The molecule has 0 saturated carbocycles. The summed E-state index contributed by atoms with van der Waals surface area (Å²) in [4.78, 5) is 31.4. The van der Waals surface area contributed by atoms with Crippen LogP contribution in [0.2, 0.25) is 0 Å². The maximum absolute atomic E-state index is 14.9. The van der Waals surface area contributed by atoms with Gasteiger partial charge in [0.15, 0.2) is 11.5 Å². The highest BCUT2D eigenvalue weighted by molar-refractivity contribution is 6.46. The number of likely N-dealkylation sites (tertiary alicyclic amines) is 1. The van der Waals surface area contributed by atoms with E-state index >= 15 is 0 Å². The number of aliphatic hydroxyl groups is 1. The number of amides is 1. The average Bonchev–Trinajstić information content (AvgIpc) is 3.09. The Morgan fingerprint density at radius 3 is 2.61 bits per heavy atom. The van der Waals surface area contributed by atoms with Gasteiger partial charge in [-0.25, -0.2) is 4.39 Å². The molecule has 1 saturated heterocycles. The molecular weight excluding hydrogens is 427 g/mol. The fourth-order valence-corrected chi connectivity index (χ4v) is 4.10. The topological polar surface area (TPSA) is 89.0 Å². The third-order valence-electron chi connectivity index (χ3n) is 5.63. The largest absolute Gasteiger partial charge is 0.507 e. The molecule has 3 aromatic rings. The van der Waals surface area contributed by atoms with Crippen LogP contribution in [0.4, 0.5) is 4.39 Å². The van der Waals surface area contributed by atoms with Gasteiger partial charge in [-0.15, -0.1) is 0 Å². The Bertz CT molecular complexity index is 1270. The molecule has 3 heterocycles. The molecule has 1 amide bonds. The van der Waals surface area contributed by atoms with E-state index < -0.39 is 29.3 Å². The van der Waals surface area contributed by atoms with E-state index in [1.807, 2.05) is 0 Å². The first-order valence-electron chi connectivity index (χ1n) is 10.4. The minimum atomic E-state index is -1.11. The molecule has 166 valence electrons. The molecule has 0 aliphatic carbocycles. The number of fused-ring (bicyclic) bond motifs is 1. The van der Waals surface area contributed by atoms with E-state index in [1.54, 1.807) is 42.7 Å². The molecule has 1 fully saturated rings. The van der Waals surface area contributed by atoms with Gasteiger partial charge in [-0.05, 0) is 35.9 Å². The van der Waals surface area contributed by atoms with Crippen molar-refractivity contribution in [1.82, 2.24) is 9.88 Å². The van der Waals surface area contributed by atoms with E-state index in [-0.39, 0.29) is 23.2 Å². The second kappa shape index (κ2) is 8.38. The summed E-state index contributed by atoms with van der Waals surface area (Å²) < 4.78 is 25.9. The van der Waals surface area contributed by atoms with Gasteiger partial charge < -0.3 is 19.5 Å². The second-order valence-corrected chi connectivity index (χ2v) is 7.67. The van der Waals surface area contributed by atoms with Crippen LogP contribution < -0.4 is 9.47 Å². The van der Waals surface area contributed by atoms with Crippen LogP contribution in [0.15, 0.2) is 72.6 Å². The van der Waals surface area contributed by atoms with Gasteiger partial charge >= 0.3 is 0 Å². The van der Waals surface area contributed by atoms with Crippen molar-refractivity contribution in [2.45, 2.75) is 12.6 Å². The van der Waals surface area contributed by atoms with Crippen LogP contribution in [-0.4, -0.2) is 39.9 Å². The van der Waals surface area contributed by atoms with Crippen molar-refractivity contribution < 1.29 is 28.6 Å². The highest BCUT2D eigenvalue weighted by Crippen LogP contribution is 2.42. The molecule has 2 aliphatic rings. The number of nitrogens with zero attached hydrogens (tertiary/aromatic N) is 2. The molecule has 0 bridgehead atoms. The van der Waals surface area contributed by atoms with Crippen LogP contribution in [0.1, 0.15) is 22.7 Å². The summed E-state index contributed by atoms with van der Waals surface area (Å²) >= 11 is 0. The number of halogens is 1. The number of pyridine rings is 1. The lowest BCUT2D eigenvalue weighted by Crippen LogP contribution is -2.29. The monoisotopic (exact) mass is 446 g/mol. The quantitative estimate of drug-likeness (QED) is 0.374. The molecule has 1 atom stereocenters. The fraction of sp³-hybridized carbons (Fsp3) is 0.160. The van der Waals surface area contributed by atoms with Gasteiger partial charge in [0.1, 0.15) is 24.8 Å². The van der Waals surface area contributed by atoms with E-state index in [2.05, 4.69) is 4.98 Å². The minimum Gasteiger partial charge on any atom is -0.507 e. The lowest BCUT2D eigenvalue weighted by Gasteiger charge is -2.25. The molecule has 7 nitrogen and oxygen atoms in total. The first-order chi connectivity index (χ1) is 16.0. The number of carbonyl (C=O) groups is 2. The number of rotatable bonds is 4. The van der Waals surface area contributed by atoms with Crippen molar-refractivity contribution in [2.24, 2.45) is 0 Å². The van der Waals surface area contributed by atoms with Crippen molar-refractivity contribution in [1.29, 1.82) is 0 Å². The van der Waals surface area contributed by atoms with Crippen LogP contribution in [0.25, 0.3) is 5.76 Å². The SMILES string of the molecule is O=C1C(=O)N(Cc2cccnc2)C(c2ccccc2F)/C1=C(\O)c1ccc2c(c1)OCCO2. The number of hydrogen-bond acceptors (Lipinski definition) is 6. The highest BCUT2D eigenvalue weighted by atomic mass is 19.1. The summed E-state index contributed by atoms with van der Waals surface area (Å²) in [5.74, 6) is -1.79. The van der Waals surface area contributed by atoms with Crippen LogP contribution >= 0.6 is 0 Å². The number of aromatic nitrogens is 1. The zero-order chi connectivity index (χ0) is 22.9. The van der Waals surface area contributed by atoms with Crippen LogP contribution in [0.3, 0.4) is 0 Å². The lowest BCUT2D eigenvalue weighted by molar-refractivity contribution is -0.140. The van der Waals surface area contributed by atoms with Gasteiger partial charge in [-0.1, -0.05) is 24.3 Å². The molecule has 33 heavy (non-hydrogen) atoms. The molecule has 2 aromatic carbocycles. The minimum absolute atomic E-state index is 0.0231. The van der Waals surface area contributed by atoms with Crippen LogP contribution in [-0.2, 0) is 16.1 Å². The first-order valence-corrected chi connectivity index (χ1v) is 10.4. The van der Waals surface area contributed by atoms with Crippen molar-refractivity contribution in [3.05, 3.63) is 95.1 Å². The zero-order valence-electron chi connectivity index (χ0n) is 17.4. The first kappa shape index (κ1) is 20.7. The van der Waals surface area contributed by atoms with Crippen molar-refractivity contribution in [3.63, 3.8) is 0 Å². The predicted molar refractivity (Wildman–Crippen MR) is 116 cm³/mol. The maximum atomic E-state index is 14.9. The lowest BCUT2D eigenvalue weighted by atomic mass is 9.94. The van der Waals surface area contributed by atoms with Crippen LogP contribution in [0, 0.1) is 5.82 Å². The third-order valence-corrected chi connectivity index (χ3v) is 5.63.